The van der Waals surface area contributed by atoms with Crippen molar-refractivity contribution in [2.45, 2.75) is 62.5 Å². The molecule has 0 radical (unpaired) electrons. The Morgan fingerprint density at radius 2 is 1.95 bits per heavy atom. The second-order valence-corrected chi connectivity index (χ2v) is 6.98. The van der Waals surface area contributed by atoms with Crippen molar-refractivity contribution in [1.29, 1.82) is 0 Å². The Kier molecular flexibility index (Phi) is 3.12. The Hall–Kier alpha value is -0.860. The lowest BCUT2D eigenvalue weighted by atomic mass is 9.77. The number of benzene rings is 1. The molecule has 2 nitrogen and oxygen atoms in total. The second kappa shape index (κ2) is 4.85. The highest BCUT2D eigenvalue weighted by Crippen LogP contribution is 2.44. The van der Waals surface area contributed by atoms with Crippen LogP contribution in [0.5, 0.6) is 0 Å². The SMILES string of the molecule is OC1(c2cccc(C3CCC3)c2)CCN2CCCCC21. The largest absolute Gasteiger partial charge is 0.383 e. The van der Waals surface area contributed by atoms with Crippen LogP contribution in [-0.2, 0) is 5.60 Å². The molecule has 4 rings (SSSR count). The van der Waals surface area contributed by atoms with Gasteiger partial charge in [-0.2, -0.15) is 0 Å². The lowest BCUT2D eigenvalue weighted by Crippen LogP contribution is -2.45. The molecule has 1 saturated carbocycles. The van der Waals surface area contributed by atoms with Crippen LogP contribution < -0.4 is 0 Å². The van der Waals surface area contributed by atoms with Gasteiger partial charge in [0.1, 0.15) is 5.60 Å². The van der Waals surface area contributed by atoms with Crippen molar-refractivity contribution >= 4 is 0 Å². The van der Waals surface area contributed by atoms with Crippen molar-refractivity contribution < 1.29 is 5.11 Å². The van der Waals surface area contributed by atoms with Gasteiger partial charge in [0.25, 0.3) is 0 Å². The Morgan fingerprint density at radius 1 is 1.05 bits per heavy atom. The molecule has 2 atom stereocenters. The van der Waals surface area contributed by atoms with E-state index in [0.29, 0.717) is 6.04 Å². The summed E-state index contributed by atoms with van der Waals surface area (Å²) in [5, 5.41) is 11.3. The Morgan fingerprint density at radius 3 is 2.75 bits per heavy atom. The predicted molar refractivity (Wildman–Crippen MR) is 80.8 cm³/mol. The highest BCUT2D eigenvalue weighted by Gasteiger charge is 2.47. The number of fused-ring (bicyclic) bond motifs is 1. The van der Waals surface area contributed by atoms with E-state index in [-0.39, 0.29) is 0 Å². The molecule has 2 heterocycles. The number of hydrogen-bond acceptors (Lipinski definition) is 2. The van der Waals surface area contributed by atoms with Crippen molar-refractivity contribution in [3.8, 4) is 0 Å². The molecular formula is C18H25NO. The van der Waals surface area contributed by atoms with Crippen LogP contribution in [0.15, 0.2) is 24.3 Å². The molecule has 1 aromatic rings. The summed E-state index contributed by atoms with van der Waals surface area (Å²) < 4.78 is 0. The maximum Gasteiger partial charge on any atom is 0.106 e. The van der Waals surface area contributed by atoms with E-state index >= 15 is 0 Å². The van der Waals surface area contributed by atoms with Crippen LogP contribution >= 0.6 is 0 Å². The minimum Gasteiger partial charge on any atom is -0.383 e. The summed E-state index contributed by atoms with van der Waals surface area (Å²) in [7, 11) is 0. The van der Waals surface area contributed by atoms with Gasteiger partial charge in [0, 0.05) is 12.6 Å². The monoisotopic (exact) mass is 271 g/mol. The Bertz CT molecular complexity index is 496. The van der Waals surface area contributed by atoms with Crippen molar-refractivity contribution in [1.82, 2.24) is 4.90 Å². The summed E-state index contributed by atoms with van der Waals surface area (Å²) in [5.74, 6) is 0.752. The molecule has 108 valence electrons. The average molecular weight is 271 g/mol. The Balaban J connectivity index is 1.65. The zero-order valence-electron chi connectivity index (χ0n) is 12.2. The van der Waals surface area contributed by atoms with Gasteiger partial charge >= 0.3 is 0 Å². The molecule has 1 aromatic carbocycles. The number of nitrogens with zero attached hydrogens (tertiary/aromatic N) is 1. The topological polar surface area (TPSA) is 23.5 Å². The van der Waals surface area contributed by atoms with Crippen molar-refractivity contribution in [2.24, 2.45) is 0 Å². The van der Waals surface area contributed by atoms with E-state index in [2.05, 4.69) is 29.2 Å². The first-order chi connectivity index (χ1) is 9.77. The average Bonchev–Trinajstić information content (AvgIpc) is 2.77. The number of hydrogen-bond donors (Lipinski definition) is 1. The van der Waals surface area contributed by atoms with Crippen LogP contribution in [0.1, 0.15) is 62.0 Å². The highest BCUT2D eigenvalue weighted by atomic mass is 16.3. The molecule has 1 N–H and O–H groups in total. The van der Waals surface area contributed by atoms with E-state index in [9.17, 15) is 5.11 Å². The van der Waals surface area contributed by atoms with Gasteiger partial charge in [0.2, 0.25) is 0 Å². The molecule has 20 heavy (non-hydrogen) atoms. The lowest BCUT2D eigenvalue weighted by molar-refractivity contribution is -0.0138. The molecule has 3 fully saturated rings. The van der Waals surface area contributed by atoms with Crippen LogP contribution in [0.4, 0.5) is 0 Å². The van der Waals surface area contributed by atoms with Gasteiger partial charge in [-0.25, -0.2) is 0 Å². The summed E-state index contributed by atoms with van der Waals surface area (Å²) in [5.41, 5.74) is 2.04. The van der Waals surface area contributed by atoms with Gasteiger partial charge in [-0.3, -0.25) is 4.90 Å². The summed E-state index contributed by atoms with van der Waals surface area (Å²) in [6.45, 7) is 2.24. The Labute approximate surface area is 121 Å². The lowest BCUT2D eigenvalue weighted by Gasteiger charge is -2.38. The molecular weight excluding hydrogens is 246 g/mol. The predicted octanol–water partition coefficient (Wildman–Crippen LogP) is 3.40. The van der Waals surface area contributed by atoms with Gasteiger partial charge in [-0.1, -0.05) is 37.1 Å². The number of rotatable bonds is 2. The quantitative estimate of drug-likeness (QED) is 0.891. The van der Waals surface area contributed by atoms with Crippen LogP contribution in [0.25, 0.3) is 0 Å². The van der Waals surface area contributed by atoms with Crippen molar-refractivity contribution in [2.75, 3.05) is 13.1 Å². The van der Waals surface area contributed by atoms with E-state index in [4.69, 9.17) is 0 Å². The summed E-state index contributed by atoms with van der Waals surface area (Å²) in [4.78, 5) is 2.51. The van der Waals surface area contributed by atoms with Crippen LogP contribution in [0.3, 0.4) is 0 Å². The minimum atomic E-state index is -0.597. The third kappa shape index (κ3) is 1.93. The van der Waals surface area contributed by atoms with E-state index < -0.39 is 5.60 Å². The zero-order valence-corrected chi connectivity index (χ0v) is 12.2. The second-order valence-electron chi connectivity index (χ2n) is 6.98. The summed E-state index contributed by atoms with van der Waals surface area (Å²) in [6, 6.07) is 9.23. The molecule has 0 aromatic heterocycles. The van der Waals surface area contributed by atoms with Crippen molar-refractivity contribution in [3.05, 3.63) is 35.4 Å². The van der Waals surface area contributed by atoms with Crippen LogP contribution in [-0.4, -0.2) is 29.1 Å². The van der Waals surface area contributed by atoms with Crippen molar-refractivity contribution in [3.63, 3.8) is 0 Å². The fourth-order valence-electron chi connectivity index (χ4n) is 4.42. The van der Waals surface area contributed by atoms with Crippen LogP contribution in [0.2, 0.25) is 0 Å². The minimum absolute atomic E-state index is 0.355. The van der Waals surface area contributed by atoms with Crippen LogP contribution in [0, 0.1) is 0 Å². The molecule has 0 bridgehead atoms. The van der Waals surface area contributed by atoms with E-state index in [1.54, 1.807) is 0 Å². The fraction of sp³-hybridized carbons (Fsp3) is 0.667. The normalized spacial score (nSPS) is 34.8. The molecule has 2 heteroatoms. The third-order valence-corrected chi connectivity index (χ3v) is 5.91. The first-order valence-corrected chi connectivity index (χ1v) is 8.34. The maximum absolute atomic E-state index is 11.3. The zero-order chi connectivity index (χ0) is 13.6. The van der Waals surface area contributed by atoms with Gasteiger partial charge in [0.05, 0.1) is 0 Å². The molecule has 2 saturated heterocycles. The molecule has 2 unspecified atom stereocenters. The van der Waals surface area contributed by atoms with E-state index in [1.165, 1.54) is 49.8 Å². The van der Waals surface area contributed by atoms with E-state index in [1.807, 2.05) is 0 Å². The maximum atomic E-state index is 11.3. The first-order valence-electron chi connectivity index (χ1n) is 8.34. The standard InChI is InChI=1S/C18H25NO/c20-18(10-12-19-11-2-1-9-17(18)19)16-8-4-7-15(13-16)14-5-3-6-14/h4,7-8,13-14,17,20H,1-3,5-6,9-12H2. The number of aliphatic hydroxyl groups is 1. The summed E-state index contributed by atoms with van der Waals surface area (Å²) in [6.07, 6.45) is 8.67. The first kappa shape index (κ1) is 12.8. The van der Waals surface area contributed by atoms with Gasteiger partial charge in [0.15, 0.2) is 0 Å². The number of piperidine rings is 1. The molecule has 1 aliphatic carbocycles. The molecule has 3 aliphatic rings. The van der Waals surface area contributed by atoms with Gasteiger partial charge in [-0.05, 0) is 55.7 Å². The third-order valence-electron chi connectivity index (χ3n) is 5.91. The highest BCUT2D eigenvalue weighted by molar-refractivity contribution is 5.33. The summed E-state index contributed by atoms with van der Waals surface area (Å²) >= 11 is 0. The van der Waals surface area contributed by atoms with Gasteiger partial charge in [-0.15, -0.1) is 0 Å². The molecule has 0 amide bonds. The van der Waals surface area contributed by atoms with Gasteiger partial charge < -0.3 is 5.11 Å². The van der Waals surface area contributed by atoms with E-state index in [0.717, 1.165) is 25.3 Å². The molecule has 2 aliphatic heterocycles. The smallest absolute Gasteiger partial charge is 0.106 e. The fourth-order valence-corrected chi connectivity index (χ4v) is 4.42. The molecule has 0 spiro atoms.